The van der Waals surface area contributed by atoms with E-state index < -0.39 is 6.10 Å². The van der Waals surface area contributed by atoms with Gasteiger partial charge in [-0.3, -0.25) is 4.90 Å². The number of rotatable bonds is 5. The Morgan fingerprint density at radius 3 is 2.43 bits per heavy atom. The summed E-state index contributed by atoms with van der Waals surface area (Å²) in [6.45, 7) is 4.88. The Morgan fingerprint density at radius 1 is 1.04 bits per heavy atom. The number of aliphatic hydroxyl groups is 1. The summed E-state index contributed by atoms with van der Waals surface area (Å²) in [4.78, 5) is 9.12. The van der Waals surface area contributed by atoms with Crippen molar-refractivity contribution in [2.75, 3.05) is 43.4 Å². The summed E-state index contributed by atoms with van der Waals surface area (Å²) in [5.74, 6) is 1.05. The monoisotopic (exact) mass is 312 g/mol. The van der Waals surface area contributed by atoms with Crippen molar-refractivity contribution < 1.29 is 5.11 Å². The Hall–Kier alpha value is -2.11. The van der Waals surface area contributed by atoms with Gasteiger partial charge in [-0.15, -0.1) is 0 Å². The lowest BCUT2D eigenvalue weighted by molar-refractivity contribution is 0.139. The summed E-state index contributed by atoms with van der Waals surface area (Å²) >= 11 is 0. The summed E-state index contributed by atoms with van der Waals surface area (Å²) in [6, 6.07) is 13.5. The number of hydrogen-bond acceptors (Lipinski definition) is 5. The highest BCUT2D eigenvalue weighted by Crippen LogP contribution is 2.19. The van der Waals surface area contributed by atoms with E-state index >= 15 is 0 Å². The SMILES string of the molecule is Nc1ccc(C(O)CCN2CCN(c3ccccn3)CC2)cc1. The van der Waals surface area contributed by atoms with E-state index in [4.69, 9.17) is 5.73 Å². The smallest absolute Gasteiger partial charge is 0.128 e. The maximum atomic E-state index is 10.3. The molecule has 2 heterocycles. The van der Waals surface area contributed by atoms with E-state index in [9.17, 15) is 5.11 Å². The topological polar surface area (TPSA) is 65.6 Å². The van der Waals surface area contributed by atoms with Gasteiger partial charge in [-0.25, -0.2) is 4.98 Å². The highest BCUT2D eigenvalue weighted by molar-refractivity contribution is 5.40. The third kappa shape index (κ3) is 4.21. The van der Waals surface area contributed by atoms with Gasteiger partial charge in [0.1, 0.15) is 5.82 Å². The van der Waals surface area contributed by atoms with Crippen molar-refractivity contribution in [1.82, 2.24) is 9.88 Å². The van der Waals surface area contributed by atoms with E-state index in [-0.39, 0.29) is 0 Å². The number of aromatic nitrogens is 1. The summed E-state index contributed by atoms with van der Waals surface area (Å²) < 4.78 is 0. The van der Waals surface area contributed by atoms with Gasteiger partial charge >= 0.3 is 0 Å². The minimum absolute atomic E-state index is 0.426. The van der Waals surface area contributed by atoms with Gasteiger partial charge in [-0.2, -0.15) is 0 Å². The predicted molar refractivity (Wildman–Crippen MR) is 93.3 cm³/mol. The number of benzene rings is 1. The summed E-state index contributed by atoms with van der Waals surface area (Å²) in [5.41, 5.74) is 7.34. The quantitative estimate of drug-likeness (QED) is 0.826. The summed E-state index contributed by atoms with van der Waals surface area (Å²) in [6.07, 6.45) is 2.16. The van der Waals surface area contributed by atoms with Crippen LogP contribution in [-0.4, -0.2) is 47.7 Å². The lowest BCUT2D eigenvalue weighted by Gasteiger charge is -2.35. The Balaban J connectivity index is 1.45. The molecule has 0 spiro atoms. The zero-order valence-electron chi connectivity index (χ0n) is 13.3. The number of nitrogen functional groups attached to an aromatic ring is 1. The molecule has 1 fully saturated rings. The van der Waals surface area contributed by atoms with Crippen LogP contribution in [0, 0.1) is 0 Å². The second-order valence-corrected chi connectivity index (χ2v) is 5.99. The Labute approximate surface area is 137 Å². The van der Waals surface area contributed by atoms with Crippen LogP contribution in [0.4, 0.5) is 11.5 Å². The molecule has 3 N–H and O–H groups in total. The van der Waals surface area contributed by atoms with E-state index in [2.05, 4.69) is 20.9 Å². The van der Waals surface area contributed by atoms with Crippen LogP contribution >= 0.6 is 0 Å². The van der Waals surface area contributed by atoms with E-state index in [1.165, 1.54) is 0 Å². The molecule has 1 aromatic heterocycles. The molecule has 3 rings (SSSR count). The molecule has 5 nitrogen and oxygen atoms in total. The van der Waals surface area contributed by atoms with Crippen LogP contribution in [0.2, 0.25) is 0 Å². The van der Waals surface area contributed by atoms with Gasteiger partial charge in [-0.1, -0.05) is 18.2 Å². The molecule has 1 aromatic carbocycles. The third-order valence-electron chi connectivity index (χ3n) is 4.39. The number of nitrogens with two attached hydrogens (primary N) is 1. The number of piperazine rings is 1. The first kappa shape index (κ1) is 15.8. The van der Waals surface area contributed by atoms with Crippen LogP contribution in [-0.2, 0) is 0 Å². The predicted octanol–water partition coefficient (Wildman–Crippen LogP) is 1.91. The molecule has 122 valence electrons. The number of aliphatic hydroxyl groups excluding tert-OH is 1. The molecule has 1 aliphatic heterocycles. The van der Waals surface area contributed by atoms with Crippen molar-refractivity contribution in [1.29, 1.82) is 0 Å². The summed E-state index contributed by atoms with van der Waals surface area (Å²) in [7, 11) is 0. The molecule has 1 aliphatic rings. The number of nitrogens with zero attached hydrogens (tertiary/aromatic N) is 3. The largest absolute Gasteiger partial charge is 0.399 e. The average molecular weight is 312 g/mol. The standard InChI is InChI=1S/C18H24N4O/c19-16-6-4-15(5-7-16)17(23)8-10-21-11-13-22(14-12-21)18-3-1-2-9-20-18/h1-7,9,17,23H,8,10-14,19H2. The minimum Gasteiger partial charge on any atom is -0.399 e. The fraction of sp³-hybridized carbons (Fsp3) is 0.389. The van der Waals surface area contributed by atoms with Crippen molar-refractivity contribution in [3.8, 4) is 0 Å². The minimum atomic E-state index is -0.426. The third-order valence-corrected chi connectivity index (χ3v) is 4.39. The molecule has 5 heteroatoms. The molecular weight excluding hydrogens is 288 g/mol. The van der Waals surface area contributed by atoms with Gasteiger partial charge in [0, 0.05) is 44.6 Å². The van der Waals surface area contributed by atoms with Crippen molar-refractivity contribution in [2.45, 2.75) is 12.5 Å². The second kappa shape index (κ2) is 7.44. The maximum absolute atomic E-state index is 10.3. The highest BCUT2D eigenvalue weighted by atomic mass is 16.3. The fourth-order valence-corrected chi connectivity index (χ4v) is 2.93. The van der Waals surface area contributed by atoms with Gasteiger partial charge < -0.3 is 15.7 Å². The molecule has 23 heavy (non-hydrogen) atoms. The second-order valence-electron chi connectivity index (χ2n) is 5.99. The summed E-state index contributed by atoms with van der Waals surface area (Å²) in [5, 5.41) is 10.3. The molecule has 0 aliphatic carbocycles. The molecule has 1 saturated heterocycles. The van der Waals surface area contributed by atoms with Crippen LogP contribution in [0.5, 0.6) is 0 Å². The first-order valence-corrected chi connectivity index (χ1v) is 8.14. The van der Waals surface area contributed by atoms with Crippen molar-refractivity contribution >= 4 is 11.5 Å². The van der Waals surface area contributed by atoms with Gasteiger partial charge in [0.05, 0.1) is 6.10 Å². The van der Waals surface area contributed by atoms with Crippen LogP contribution in [0.1, 0.15) is 18.1 Å². The van der Waals surface area contributed by atoms with E-state index in [0.29, 0.717) is 0 Å². The molecular formula is C18H24N4O. The number of pyridine rings is 1. The molecule has 1 atom stereocenters. The molecule has 0 saturated carbocycles. The molecule has 2 aromatic rings. The van der Waals surface area contributed by atoms with Crippen molar-refractivity contribution in [3.05, 3.63) is 54.2 Å². The zero-order valence-corrected chi connectivity index (χ0v) is 13.3. The van der Waals surface area contributed by atoms with E-state index in [1.807, 2.05) is 42.6 Å². The van der Waals surface area contributed by atoms with Gasteiger partial charge in [0.25, 0.3) is 0 Å². The maximum Gasteiger partial charge on any atom is 0.128 e. The van der Waals surface area contributed by atoms with Crippen LogP contribution in [0.25, 0.3) is 0 Å². The average Bonchev–Trinajstić information content (AvgIpc) is 2.61. The van der Waals surface area contributed by atoms with Gasteiger partial charge in [-0.05, 0) is 36.2 Å². The van der Waals surface area contributed by atoms with Crippen LogP contribution in [0.3, 0.4) is 0 Å². The first-order valence-electron chi connectivity index (χ1n) is 8.14. The van der Waals surface area contributed by atoms with Crippen molar-refractivity contribution in [2.24, 2.45) is 0 Å². The highest BCUT2D eigenvalue weighted by Gasteiger charge is 2.18. The molecule has 1 unspecified atom stereocenters. The van der Waals surface area contributed by atoms with E-state index in [1.54, 1.807) is 0 Å². The zero-order chi connectivity index (χ0) is 16.1. The molecule has 0 bridgehead atoms. The van der Waals surface area contributed by atoms with E-state index in [0.717, 1.165) is 56.2 Å². The molecule has 0 radical (unpaired) electrons. The normalized spacial score (nSPS) is 17.2. The number of anilines is 2. The fourth-order valence-electron chi connectivity index (χ4n) is 2.93. The lowest BCUT2D eigenvalue weighted by atomic mass is 10.1. The Morgan fingerprint density at radius 2 is 1.78 bits per heavy atom. The Kier molecular flexibility index (Phi) is 5.10. The van der Waals surface area contributed by atoms with Gasteiger partial charge in [0.15, 0.2) is 0 Å². The van der Waals surface area contributed by atoms with Crippen LogP contribution < -0.4 is 10.6 Å². The first-order chi connectivity index (χ1) is 11.2. The Bertz CT molecular complexity index is 594. The molecule has 0 amide bonds. The lowest BCUT2D eigenvalue weighted by Crippen LogP contribution is -2.47. The van der Waals surface area contributed by atoms with Gasteiger partial charge in [0.2, 0.25) is 0 Å². The van der Waals surface area contributed by atoms with Crippen LogP contribution in [0.15, 0.2) is 48.7 Å². The number of hydrogen-bond donors (Lipinski definition) is 2. The van der Waals surface area contributed by atoms with Crippen molar-refractivity contribution in [3.63, 3.8) is 0 Å².